The summed E-state index contributed by atoms with van der Waals surface area (Å²) in [6.07, 6.45) is 11.0. The van der Waals surface area contributed by atoms with Gasteiger partial charge in [0.05, 0.1) is 0 Å². The zero-order valence-corrected chi connectivity index (χ0v) is 18.2. The molecule has 0 aliphatic carbocycles. The molecule has 0 aromatic heterocycles. The lowest BCUT2D eigenvalue weighted by molar-refractivity contribution is 0.681. The molecular formula is C19H35ISi. The minimum absolute atomic E-state index is 0.728. The zero-order valence-electron chi connectivity index (χ0n) is 15.0. The second-order valence-corrected chi connectivity index (χ2v) is 13.6. The van der Waals surface area contributed by atoms with Crippen LogP contribution in [0.3, 0.4) is 0 Å². The predicted octanol–water partition coefficient (Wildman–Crippen LogP) is 7.15. The van der Waals surface area contributed by atoms with Crippen LogP contribution < -0.4 is 0 Å². The maximum atomic E-state index is 3.74. The number of unbranched alkanes of at least 4 members (excludes halogenated alkanes) is 4. The SMILES string of the molecule is CC(C)[Si](C#C/C=C\CCCCCCI)(C(C)C)C(C)C. The van der Waals surface area contributed by atoms with Gasteiger partial charge in [0.1, 0.15) is 8.07 Å². The third kappa shape index (κ3) is 7.37. The normalized spacial score (nSPS) is 12.5. The van der Waals surface area contributed by atoms with E-state index in [0.29, 0.717) is 0 Å². The molecule has 0 fully saturated rings. The molecule has 0 nitrogen and oxygen atoms in total. The van der Waals surface area contributed by atoms with Gasteiger partial charge in [-0.15, -0.1) is 5.54 Å². The molecule has 122 valence electrons. The van der Waals surface area contributed by atoms with Gasteiger partial charge in [-0.2, -0.15) is 0 Å². The van der Waals surface area contributed by atoms with Crippen LogP contribution in [0.5, 0.6) is 0 Å². The molecule has 21 heavy (non-hydrogen) atoms. The van der Waals surface area contributed by atoms with Gasteiger partial charge in [-0.3, -0.25) is 0 Å². The Bertz CT molecular complexity index is 323. The van der Waals surface area contributed by atoms with E-state index in [2.05, 4.69) is 87.7 Å². The third-order valence-electron chi connectivity index (χ3n) is 4.61. The fourth-order valence-electron chi connectivity index (χ4n) is 3.45. The lowest BCUT2D eigenvalue weighted by atomic mass is 10.1. The van der Waals surface area contributed by atoms with Gasteiger partial charge in [0, 0.05) is 0 Å². The van der Waals surface area contributed by atoms with Crippen LogP contribution in [0.2, 0.25) is 16.6 Å². The molecule has 0 saturated carbocycles. The summed E-state index contributed by atoms with van der Waals surface area (Å²) < 4.78 is 1.30. The smallest absolute Gasteiger partial charge is 0.126 e. The molecule has 0 aliphatic heterocycles. The lowest BCUT2D eigenvalue weighted by Gasteiger charge is -2.37. The van der Waals surface area contributed by atoms with Gasteiger partial charge in [0.15, 0.2) is 0 Å². The van der Waals surface area contributed by atoms with Crippen LogP contribution in [0.4, 0.5) is 0 Å². The Morgan fingerprint density at radius 3 is 1.86 bits per heavy atom. The summed E-state index contributed by atoms with van der Waals surface area (Å²) in [4.78, 5) is 0. The zero-order chi connectivity index (χ0) is 16.3. The second-order valence-electron chi connectivity index (χ2n) is 6.96. The third-order valence-corrected chi connectivity index (χ3v) is 11.7. The molecule has 0 aromatic rings. The number of allylic oxidation sites excluding steroid dienone is 2. The van der Waals surface area contributed by atoms with Crippen LogP contribution in [-0.2, 0) is 0 Å². The molecular weight excluding hydrogens is 383 g/mol. The van der Waals surface area contributed by atoms with E-state index in [1.807, 2.05) is 0 Å². The molecule has 0 bridgehead atoms. The molecule has 0 unspecified atom stereocenters. The van der Waals surface area contributed by atoms with Crippen molar-refractivity contribution in [3.63, 3.8) is 0 Å². The topological polar surface area (TPSA) is 0 Å². The predicted molar refractivity (Wildman–Crippen MR) is 110 cm³/mol. The van der Waals surface area contributed by atoms with Crippen LogP contribution in [0.1, 0.15) is 73.6 Å². The number of hydrogen-bond acceptors (Lipinski definition) is 0. The number of hydrogen-bond donors (Lipinski definition) is 0. The quantitative estimate of drug-likeness (QED) is 0.123. The van der Waals surface area contributed by atoms with Crippen molar-refractivity contribution < 1.29 is 0 Å². The maximum Gasteiger partial charge on any atom is 0.146 e. The van der Waals surface area contributed by atoms with Crippen LogP contribution >= 0.6 is 22.6 Å². The minimum atomic E-state index is -1.53. The van der Waals surface area contributed by atoms with E-state index in [-0.39, 0.29) is 0 Å². The Morgan fingerprint density at radius 2 is 1.38 bits per heavy atom. The molecule has 0 rings (SSSR count). The Morgan fingerprint density at radius 1 is 0.857 bits per heavy atom. The fourth-order valence-corrected chi connectivity index (χ4v) is 9.19. The van der Waals surface area contributed by atoms with E-state index in [1.165, 1.54) is 36.5 Å². The Kier molecular flexibility index (Phi) is 11.9. The number of rotatable bonds is 9. The highest BCUT2D eigenvalue weighted by molar-refractivity contribution is 14.1. The number of halogens is 1. The van der Waals surface area contributed by atoms with E-state index in [4.69, 9.17) is 0 Å². The van der Waals surface area contributed by atoms with E-state index in [9.17, 15) is 0 Å². The Balaban J connectivity index is 4.49. The van der Waals surface area contributed by atoms with Crippen molar-refractivity contribution in [3.8, 4) is 11.5 Å². The van der Waals surface area contributed by atoms with Crippen molar-refractivity contribution >= 4 is 30.7 Å². The maximum absolute atomic E-state index is 3.74. The first-order valence-electron chi connectivity index (χ1n) is 8.63. The molecule has 0 N–H and O–H groups in total. The first-order chi connectivity index (χ1) is 9.89. The van der Waals surface area contributed by atoms with Crippen molar-refractivity contribution in [2.24, 2.45) is 0 Å². The van der Waals surface area contributed by atoms with Crippen LogP contribution in [-0.4, -0.2) is 12.5 Å². The van der Waals surface area contributed by atoms with Crippen molar-refractivity contribution in [2.75, 3.05) is 4.43 Å². The largest absolute Gasteiger partial charge is 0.146 e. The van der Waals surface area contributed by atoms with Crippen LogP contribution in [0.25, 0.3) is 0 Å². The average Bonchev–Trinajstić information content (AvgIpc) is 2.39. The highest BCUT2D eigenvalue weighted by Gasteiger charge is 2.41. The van der Waals surface area contributed by atoms with Crippen molar-refractivity contribution in [1.82, 2.24) is 0 Å². The first-order valence-corrected chi connectivity index (χ1v) is 12.4. The van der Waals surface area contributed by atoms with Crippen molar-refractivity contribution in [2.45, 2.75) is 90.3 Å². The summed E-state index contributed by atoms with van der Waals surface area (Å²) in [7, 11) is -1.53. The molecule has 0 aromatic carbocycles. The van der Waals surface area contributed by atoms with Crippen molar-refractivity contribution in [1.29, 1.82) is 0 Å². The summed E-state index contributed by atoms with van der Waals surface area (Å²) in [5, 5.41) is 0. The minimum Gasteiger partial charge on any atom is -0.126 e. The molecule has 0 spiro atoms. The molecule has 0 heterocycles. The molecule has 0 aliphatic rings. The highest BCUT2D eigenvalue weighted by atomic mass is 127. The summed E-state index contributed by atoms with van der Waals surface area (Å²) >= 11 is 2.46. The fraction of sp³-hybridized carbons (Fsp3) is 0.789. The van der Waals surface area contributed by atoms with Gasteiger partial charge in [0.25, 0.3) is 0 Å². The first kappa shape index (κ1) is 21.2. The van der Waals surface area contributed by atoms with Gasteiger partial charge in [0.2, 0.25) is 0 Å². The standard InChI is InChI=1S/C19H35ISi/c1-17(2)21(18(3)4,19(5)6)16-14-12-10-8-7-9-11-13-15-20/h10,12,17-19H,7-9,11,13,15H2,1-6H3/b12-10-. The van der Waals surface area contributed by atoms with Crippen molar-refractivity contribution in [3.05, 3.63) is 12.2 Å². The van der Waals surface area contributed by atoms with Crippen LogP contribution in [0.15, 0.2) is 12.2 Å². The van der Waals surface area contributed by atoms with E-state index in [1.54, 1.807) is 0 Å². The monoisotopic (exact) mass is 418 g/mol. The van der Waals surface area contributed by atoms with E-state index < -0.39 is 8.07 Å². The molecule has 0 atom stereocenters. The second kappa shape index (κ2) is 11.8. The molecule has 0 amide bonds. The Hall–Kier alpha value is 0.247. The van der Waals surface area contributed by atoms with Gasteiger partial charge in [-0.25, -0.2) is 0 Å². The summed E-state index contributed by atoms with van der Waals surface area (Å²) in [6.45, 7) is 14.2. The molecule has 2 heteroatoms. The van der Waals surface area contributed by atoms with E-state index >= 15 is 0 Å². The molecule has 0 radical (unpaired) electrons. The summed E-state index contributed by atoms with van der Waals surface area (Å²) in [5.41, 5.74) is 5.93. The van der Waals surface area contributed by atoms with Gasteiger partial charge in [-0.05, 0) is 46.4 Å². The highest BCUT2D eigenvalue weighted by Crippen LogP contribution is 2.40. The van der Waals surface area contributed by atoms with Gasteiger partial charge in [-0.1, -0.05) is 89.0 Å². The van der Waals surface area contributed by atoms with Gasteiger partial charge < -0.3 is 0 Å². The van der Waals surface area contributed by atoms with Gasteiger partial charge >= 0.3 is 0 Å². The van der Waals surface area contributed by atoms with E-state index in [0.717, 1.165) is 16.6 Å². The number of alkyl halides is 1. The Labute approximate surface area is 148 Å². The summed E-state index contributed by atoms with van der Waals surface area (Å²) in [5.74, 6) is 3.40. The summed E-state index contributed by atoms with van der Waals surface area (Å²) in [6, 6.07) is 0. The molecule has 0 saturated heterocycles. The van der Waals surface area contributed by atoms with Crippen LogP contribution in [0, 0.1) is 11.5 Å². The lowest BCUT2D eigenvalue weighted by Crippen LogP contribution is -2.43. The average molecular weight is 418 g/mol.